The zero-order valence-corrected chi connectivity index (χ0v) is 9.37. The smallest absolute Gasteiger partial charge is 0.422 e. The van der Waals surface area contributed by atoms with Gasteiger partial charge in [0.2, 0.25) is 0 Å². The molecule has 0 saturated carbocycles. The molecule has 1 rings (SSSR count). The minimum atomic E-state index is -4.49. The number of likely N-dealkylation sites (tertiary alicyclic amines) is 1. The van der Waals surface area contributed by atoms with Crippen LogP contribution in [0, 0.1) is 0 Å². The topological polar surface area (TPSA) is 49.8 Å². The molecule has 17 heavy (non-hydrogen) atoms. The normalized spacial score (nSPS) is 20.7. The lowest BCUT2D eigenvalue weighted by molar-refractivity contribution is -0.162. The summed E-state index contributed by atoms with van der Waals surface area (Å²) in [7, 11) is 0. The van der Waals surface area contributed by atoms with Crippen LogP contribution in [0.1, 0.15) is 25.7 Å². The molecule has 100 valence electrons. The first-order chi connectivity index (χ1) is 7.94. The maximum absolute atomic E-state index is 11.9. The van der Waals surface area contributed by atoms with Crippen LogP contribution in [-0.2, 0) is 4.74 Å². The van der Waals surface area contributed by atoms with Gasteiger partial charge in [0.25, 0.3) is 0 Å². The number of aliphatic hydroxyl groups excluding tert-OH is 1. The number of halogens is 3. The molecule has 1 heterocycles. The predicted molar refractivity (Wildman–Crippen MR) is 53.5 cm³/mol. The Labute approximate surface area is 97.3 Å². The van der Waals surface area contributed by atoms with Crippen molar-refractivity contribution in [1.29, 1.82) is 0 Å². The summed E-state index contributed by atoms with van der Waals surface area (Å²) in [6.07, 6.45) is -2.76. The van der Waals surface area contributed by atoms with Crippen LogP contribution >= 0.6 is 0 Å². The van der Waals surface area contributed by atoms with E-state index in [2.05, 4.69) is 4.74 Å². The summed E-state index contributed by atoms with van der Waals surface area (Å²) in [4.78, 5) is 12.7. The Balaban J connectivity index is 2.39. The quantitative estimate of drug-likeness (QED) is 0.835. The predicted octanol–water partition coefficient (Wildman–Crippen LogP) is 1.92. The molecule has 1 aliphatic heterocycles. The Morgan fingerprint density at radius 2 is 2.18 bits per heavy atom. The van der Waals surface area contributed by atoms with E-state index in [0.29, 0.717) is 19.4 Å². The molecule has 0 spiro atoms. The lowest BCUT2D eigenvalue weighted by atomic mass is 10.1. The van der Waals surface area contributed by atoms with Gasteiger partial charge in [-0.15, -0.1) is 0 Å². The third kappa shape index (κ3) is 4.80. The van der Waals surface area contributed by atoms with E-state index in [1.165, 1.54) is 4.90 Å². The van der Waals surface area contributed by atoms with Gasteiger partial charge in [-0.25, -0.2) is 4.79 Å². The van der Waals surface area contributed by atoms with E-state index in [9.17, 15) is 18.0 Å². The fourth-order valence-electron chi connectivity index (χ4n) is 1.93. The molecule has 0 aliphatic carbocycles. The van der Waals surface area contributed by atoms with Crippen molar-refractivity contribution in [1.82, 2.24) is 4.90 Å². The van der Waals surface area contributed by atoms with Crippen molar-refractivity contribution < 1.29 is 27.8 Å². The Bertz CT molecular complexity index is 258. The second-order valence-electron chi connectivity index (χ2n) is 4.03. The van der Waals surface area contributed by atoms with E-state index in [-0.39, 0.29) is 12.6 Å². The van der Waals surface area contributed by atoms with Crippen molar-refractivity contribution in [3.8, 4) is 0 Å². The van der Waals surface area contributed by atoms with Crippen LogP contribution in [0.4, 0.5) is 18.0 Å². The first-order valence-corrected chi connectivity index (χ1v) is 5.55. The van der Waals surface area contributed by atoms with Crippen LogP contribution in [0.15, 0.2) is 0 Å². The molecular formula is C10H16F3NO3. The lowest BCUT2D eigenvalue weighted by Crippen LogP contribution is -2.37. The molecule has 1 amide bonds. The number of nitrogens with zero attached hydrogens (tertiary/aromatic N) is 1. The number of carbonyl (C=O) groups excluding carboxylic acids is 1. The average molecular weight is 255 g/mol. The van der Waals surface area contributed by atoms with Gasteiger partial charge in [-0.1, -0.05) is 0 Å². The Morgan fingerprint density at radius 1 is 1.47 bits per heavy atom. The Hall–Kier alpha value is -0.980. The van der Waals surface area contributed by atoms with Crippen LogP contribution in [-0.4, -0.2) is 48.1 Å². The van der Waals surface area contributed by atoms with Crippen LogP contribution in [0.5, 0.6) is 0 Å². The number of carbonyl (C=O) groups is 1. The standard InChI is InChI=1S/C10H16F3NO3/c11-10(12,13)7-17-9(16)14-5-1-3-8(14)4-2-6-15/h8,15H,1-7H2. The minimum absolute atomic E-state index is 0.0158. The summed E-state index contributed by atoms with van der Waals surface area (Å²) >= 11 is 0. The van der Waals surface area contributed by atoms with Crippen LogP contribution in [0.2, 0.25) is 0 Å². The molecule has 0 radical (unpaired) electrons. The van der Waals surface area contributed by atoms with E-state index in [0.717, 1.165) is 12.8 Å². The van der Waals surface area contributed by atoms with E-state index in [1.54, 1.807) is 0 Å². The largest absolute Gasteiger partial charge is 0.440 e. The fraction of sp³-hybridized carbons (Fsp3) is 0.900. The molecule has 7 heteroatoms. The van der Waals surface area contributed by atoms with Gasteiger partial charge in [0.1, 0.15) is 0 Å². The molecule has 0 aromatic carbocycles. The second kappa shape index (κ2) is 6.09. The lowest BCUT2D eigenvalue weighted by Gasteiger charge is -2.24. The zero-order chi connectivity index (χ0) is 12.9. The molecule has 1 saturated heterocycles. The van der Waals surface area contributed by atoms with Crippen molar-refractivity contribution in [3.05, 3.63) is 0 Å². The monoisotopic (exact) mass is 255 g/mol. The van der Waals surface area contributed by atoms with Crippen molar-refractivity contribution in [2.75, 3.05) is 19.8 Å². The summed E-state index contributed by atoms with van der Waals surface area (Å²) in [5, 5.41) is 8.68. The molecule has 0 aromatic heterocycles. The zero-order valence-electron chi connectivity index (χ0n) is 9.37. The fourth-order valence-corrected chi connectivity index (χ4v) is 1.93. The highest BCUT2D eigenvalue weighted by atomic mass is 19.4. The maximum atomic E-state index is 11.9. The van der Waals surface area contributed by atoms with Gasteiger partial charge in [0.05, 0.1) is 0 Å². The molecule has 1 unspecified atom stereocenters. The number of amides is 1. The molecular weight excluding hydrogens is 239 g/mol. The first-order valence-electron chi connectivity index (χ1n) is 5.55. The SMILES string of the molecule is O=C(OCC(F)(F)F)N1CCCC1CCCO. The highest BCUT2D eigenvalue weighted by molar-refractivity contribution is 5.68. The number of alkyl halides is 3. The average Bonchev–Trinajstić information content (AvgIpc) is 2.70. The van der Waals surface area contributed by atoms with Gasteiger partial charge in [-0.05, 0) is 25.7 Å². The molecule has 1 atom stereocenters. The van der Waals surface area contributed by atoms with Crippen LogP contribution in [0.3, 0.4) is 0 Å². The van der Waals surface area contributed by atoms with Crippen molar-refractivity contribution in [2.24, 2.45) is 0 Å². The molecule has 4 nitrogen and oxygen atoms in total. The van der Waals surface area contributed by atoms with Gasteiger partial charge in [0.15, 0.2) is 6.61 Å². The summed E-state index contributed by atoms with van der Waals surface area (Å²) in [6.45, 7) is -1.11. The van der Waals surface area contributed by atoms with Gasteiger partial charge >= 0.3 is 12.3 Å². The molecule has 1 aliphatic rings. The molecule has 1 N–H and O–H groups in total. The van der Waals surface area contributed by atoms with Crippen LogP contribution in [0.25, 0.3) is 0 Å². The number of aliphatic hydroxyl groups is 1. The number of hydrogen-bond donors (Lipinski definition) is 1. The van der Waals surface area contributed by atoms with Gasteiger partial charge in [-0.3, -0.25) is 0 Å². The third-order valence-electron chi connectivity index (χ3n) is 2.67. The minimum Gasteiger partial charge on any atom is -0.440 e. The number of ether oxygens (including phenoxy) is 1. The summed E-state index contributed by atoms with van der Waals surface area (Å²) in [5.41, 5.74) is 0. The Kier molecular flexibility index (Phi) is 5.04. The summed E-state index contributed by atoms with van der Waals surface area (Å²) in [6, 6.07) is -0.108. The second-order valence-corrected chi connectivity index (χ2v) is 4.03. The Morgan fingerprint density at radius 3 is 2.76 bits per heavy atom. The summed E-state index contributed by atoms with van der Waals surface area (Å²) < 4.78 is 39.8. The number of hydrogen-bond acceptors (Lipinski definition) is 3. The van der Waals surface area contributed by atoms with E-state index in [1.807, 2.05) is 0 Å². The van der Waals surface area contributed by atoms with E-state index >= 15 is 0 Å². The third-order valence-corrected chi connectivity index (χ3v) is 2.67. The first kappa shape index (κ1) is 14.1. The van der Waals surface area contributed by atoms with Gasteiger partial charge < -0.3 is 14.7 Å². The highest BCUT2D eigenvalue weighted by Crippen LogP contribution is 2.23. The van der Waals surface area contributed by atoms with E-state index < -0.39 is 18.9 Å². The highest BCUT2D eigenvalue weighted by Gasteiger charge is 2.34. The molecule has 0 aromatic rings. The molecule has 0 bridgehead atoms. The molecule has 1 fully saturated rings. The van der Waals surface area contributed by atoms with Crippen molar-refractivity contribution in [2.45, 2.75) is 37.9 Å². The van der Waals surface area contributed by atoms with Gasteiger partial charge in [-0.2, -0.15) is 13.2 Å². The van der Waals surface area contributed by atoms with Crippen molar-refractivity contribution >= 4 is 6.09 Å². The van der Waals surface area contributed by atoms with Gasteiger partial charge in [0, 0.05) is 19.2 Å². The van der Waals surface area contributed by atoms with Crippen molar-refractivity contribution in [3.63, 3.8) is 0 Å². The number of rotatable bonds is 4. The maximum Gasteiger partial charge on any atom is 0.422 e. The summed E-state index contributed by atoms with van der Waals surface area (Å²) in [5.74, 6) is 0. The van der Waals surface area contributed by atoms with Crippen LogP contribution < -0.4 is 0 Å². The van der Waals surface area contributed by atoms with E-state index in [4.69, 9.17) is 5.11 Å².